The van der Waals surface area contributed by atoms with E-state index in [1.54, 1.807) is 43.0 Å². The van der Waals surface area contributed by atoms with Crippen LogP contribution in [0, 0.1) is 0 Å². The molecule has 0 heterocycles. The summed E-state index contributed by atoms with van der Waals surface area (Å²) in [5, 5.41) is 12.3. The van der Waals surface area contributed by atoms with Crippen LogP contribution in [0.3, 0.4) is 0 Å². The molecule has 2 N–H and O–H groups in total. The molecular formula is C15H21NO3S. The Morgan fingerprint density at radius 2 is 1.95 bits per heavy atom. The molecule has 0 bridgehead atoms. The van der Waals surface area contributed by atoms with E-state index >= 15 is 0 Å². The maximum Gasteiger partial charge on any atom is 0.314 e. The van der Waals surface area contributed by atoms with Crippen molar-refractivity contribution in [1.82, 2.24) is 5.32 Å². The van der Waals surface area contributed by atoms with Crippen molar-refractivity contribution < 1.29 is 14.7 Å². The van der Waals surface area contributed by atoms with Crippen LogP contribution in [0.25, 0.3) is 0 Å². The predicted octanol–water partition coefficient (Wildman–Crippen LogP) is 2.29. The highest BCUT2D eigenvalue weighted by molar-refractivity contribution is 7.98. The maximum absolute atomic E-state index is 12.0. The van der Waals surface area contributed by atoms with Crippen LogP contribution in [-0.4, -0.2) is 35.0 Å². The molecule has 0 aliphatic rings. The molecule has 1 aromatic rings. The number of carboxylic acid groups (broad SMARTS) is 1. The molecule has 2 unspecified atom stereocenters. The number of hydrogen-bond acceptors (Lipinski definition) is 3. The highest BCUT2D eigenvalue weighted by Gasteiger charge is 2.37. The molecule has 0 spiro atoms. The molecule has 110 valence electrons. The highest BCUT2D eigenvalue weighted by atomic mass is 32.2. The van der Waals surface area contributed by atoms with Crippen molar-refractivity contribution in [1.29, 1.82) is 0 Å². The Balaban J connectivity index is 2.83. The van der Waals surface area contributed by atoms with Gasteiger partial charge in [0.05, 0.1) is 5.41 Å². The summed E-state index contributed by atoms with van der Waals surface area (Å²) in [5.41, 5.74) is -0.565. The second-order valence-corrected chi connectivity index (χ2v) is 6.01. The van der Waals surface area contributed by atoms with E-state index < -0.39 is 11.4 Å². The summed E-state index contributed by atoms with van der Waals surface area (Å²) >= 11 is 1.64. The number of aliphatic carboxylic acids is 1. The van der Waals surface area contributed by atoms with Gasteiger partial charge in [-0.05, 0) is 25.7 Å². The van der Waals surface area contributed by atoms with E-state index in [-0.39, 0.29) is 18.4 Å². The smallest absolute Gasteiger partial charge is 0.314 e. The topological polar surface area (TPSA) is 66.4 Å². The summed E-state index contributed by atoms with van der Waals surface area (Å²) in [6.07, 6.45) is 1.90. The Morgan fingerprint density at radius 3 is 2.45 bits per heavy atom. The first kappa shape index (κ1) is 16.6. The number of thioether (sulfide) groups is 1. The number of carbonyl (C=O) groups is 2. The third kappa shape index (κ3) is 4.27. The monoisotopic (exact) mass is 295 g/mol. The van der Waals surface area contributed by atoms with Crippen molar-refractivity contribution >= 4 is 23.6 Å². The lowest BCUT2D eigenvalue weighted by Gasteiger charge is -2.25. The van der Waals surface area contributed by atoms with Gasteiger partial charge >= 0.3 is 5.97 Å². The molecule has 0 aromatic heterocycles. The number of benzene rings is 1. The molecule has 0 saturated heterocycles. The number of hydrogen-bond donors (Lipinski definition) is 2. The normalized spacial score (nSPS) is 15.2. The number of carbonyl (C=O) groups excluding carboxylic acids is 1. The van der Waals surface area contributed by atoms with E-state index in [4.69, 9.17) is 0 Å². The van der Waals surface area contributed by atoms with Crippen LogP contribution in [0.4, 0.5) is 0 Å². The molecule has 0 saturated carbocycles. The maximum atomic E-state index is 12.0. The number of amides is 1. The van der Waals surface area contributed by atoms with Crippen molar-refractivity contribution in [3.05, 3.63) is 35.9 Å². The summed E-state index contributed by atoms with van der Waals surface area (Å²) in [7, 11) is 0. The highest BCUT2D eigenvalue weighted by Crippen LogP contribution is 2.28. The molecule has 1 aromatic carbocycles. The second-order valence-electron chi connectivity index (χ2n) is 5.10. The van der Waals surface area contributed by atoms with E-state index in [2.05, 4.69) is 5.32 Å². The summed E-state index contributed by atoms with van der Waals surface area (Å²) in [4.78, 5) is 23.6. The van der Waals surface area contributed by atoms with Crippen LogP contribution in [0.1, 0.15) is 25.8 Å². The summed E-state index contributed by atoms with van der Waals surface area (Å²) in [5.74, 6) is -0.419. The lowest BCUT2D eigenvalue weighted by atomic mass is 9.79. The van der Waals surface area contributed by atoms with E-state index in [1.165, 1.54) is 0 Å². The lowest BCUT2D eigenvalue weighted by molar-refractivity contribution is -0.145. The average Bonchev–Trinajstić information content (AvgIpc) is 2.39. The average molecular weight is 295 g/mol. The fourth-order valence-electron chi connectivity index (χ4n) is 2.05. The molecule has 4 nitrogen and oxygen atoms in total. The molecule has 20 heavy (non-hydrogen) atoms. The van der Waals surface area contributed by atoms with Crippen molar-refractivity contribution in [3.8, 4) is 0 Å². The van der Waals surface area contributed by atoms with Gasteiger partial charge in [-0.2, -0.15) is 11.8 Å². The zero-order valence-corrected chi connectivity index (χ0v) is 12.9. The molecule has 0 aliphatic carbocycles. The van der Waals surface area contributed by atoms with E-state index in [1.807, 2.05) is 19.2 Å². The van der Waals surface area contributed by atoms with Gasteiger partial charge in [0.25, 0.3) is 0 Å². The second kappa shape index (κ2) is 7.33. The van der Waals surface area contributed by atoms with Crippen LogP contribution < -0.4 is 5.32 Å². The first-order chi connectivity index (χ1) is 9.40. The largest absolute Gasteiger partial charge is 0.481 e. The van der Waals surface area contributed by atoms with Gasteiger partial charge in [-0.15, -0.1) is 0 Å². The standard InChI is InChI=1S/C15H21NO3S/c1-11(10-20-3)16-13(17)9-15(2,14(18)19)12-7-5-4-6-8-12/h4-8,11H,9-10H2,1-3H3,(H,16,17)(H,18,19). The van der Waals surface area contributed by atoms with Crippen LogP contribution in [0.2, 0.25) is 0 Å². The van der Waals surface area contributed by atoms with Crippen molar-refractivity contribution in [2.75, 3.05) is 12.0 Å². The minimum absolute atomic E-state index is 0.0336. The first-order valence-corrected chi connectivity index (χ1v) is 7.86. The Hall–Kier alpha value is -1.49. The van der Waals surface area contributed by atoms with Gasteiger partial charge in [-0.25, -0.2) is 0 Å². The van der Waals surface area contributed by atoms with Crippen molar-refractivity contribution in [2.24, 2.45) is 0 Å². The molecule has 0 fully saturated rings. The molecule has 0 aliphatic heterocycles. The number of rotatable bonds is 7. The Kier molecular flexibility index (Phi) is 6.07. The molecule has 5 heteroatoms. The molecule has 1 amide bonds. The molecule has 0 radical (unpaired) electrons. The fraction of sp³-hybridized carbons (Fsp3) is 0.467. The van der Waals surface area contributed by atoms with Crippen LogP contribution in [0.5, 0.6) is 0 Å². The van der Waals surface area contributed by atoms with Crippen LogP contribution in [0.15, 0.2) is 30.3 Å². The third-order valence-corrected chi connectivity index (χ3v) is 4.05. The Labute approximate surface area is 124 Å². The summed E-state index contributed by atoms with van der Waals surface area (Å²) in [6.45, 7) is 3.50. The van der Waals surface area contributed by atoms with Gasteiger partial charge in [0, 0.05) is 18.2 Å². The SMILES string of the molecule is CSCC(C)NC(=O)CC(C)(C(=O)O)c1ccccc1. The molecular weight excluding hydrogens is 274 g/mol. The molecule has 1 rings (SSSR count). The summed E-state index contributed by atoms with van der Waals surface area (Å²) in [6, 6.07) is 8.91. The van der Waals surface area contributed by atoms with E-state index in [0.29, 0.717) is 5.56 Å². The lowest BCUT2D eigenvalue weighted by Crippen LogP contribution is -2.42. The number of carboxylic acids is 1. The van der Waals surface area contributed by atoms with Gasteiger partial charge in [-0.1, -0.05) is 30.3 Å². The first-order valence-electron chi connectivity index (χ1n) is 6.47. The van der Waals surface area contributed by atoms with Gasteiger partial charge in [-0.3, -0.25) is 9.59 Å². The van der Waals surface area contributed by atoms with Crippen molar-refractivity contribution in [2.45, 2.75) is 31.7 Å². The number of nitrogens with one attached hydrogen (secondary N) is 1. The zero-order valence-electron chi connectivity index (χ0n) is 12.1. The predicted molar refractivity (Wildman–Crippen MR) is 82.0 cm³/mol. The van der Waals surface area contributed by atoms with Crippen LogP contribution >= 0.6 is 11.8 Å². The Morgan fingerprint density at radius 1 is 1.35 bits per heavy atom. The van der Waals surface area contributed by atoms with E-state index in [9.17, 15) is 14.7 Å². The van der Waals surface area contributed by atoms with Crippen LogP contribution in [-0.2, 0) is 15.0 Å². The minimum Gasteiger partial charge on any atom is -0.481 e. The minimum atomic E-state index is -1.20. The molecule has 2 atom stereocenters. The van der Waals surface area contributed by atoms with Gasteiger partial charge in [0.1, 0.15) is 0 Å². The van der Waals surface area contributed by atoms with Gasteiger partial charge in [0.2, 0.25) is 5.91 Å². The third-order valence-electron chi connectivity index (χ3n) is 3.22. The summed E-state index contributed by atoms with van der Waals surface area (Å²) < 4.78 is 0. The zero-order chi connectivity index (χ0) is 15.2. The fourth-order valence-corrected chi connectivity index (χ4v) is 2.63. The quantitative estimate of drug-likeness (QED) is 0.810. The van der Waals surface area contributed by atoms with Gasteiger partial charge in [0.15, 0.2) is 0 Å². The Bertz CT molecular complexity index is 463. The van der Waals surface area contributed by atoms with E-state index in [0.717, 1.165) is 5.75 Å². The van der Waals surface area contributed by atoms with Crippen molar-refractivity contribution in [3.63, 3.8) is 0 Å². The van der Waals surface area contributed by atoms with Gasteiger partial charge < -0.3 is 10.4 Å².